The summed E-state index contributed by atoms with van der Waals surface area (Å²) in [5.41, 5.74) is 3.52. The summed E-state index contributed by atoms with van der Waals surface area (Å²) >= 11 is 0. The average Bonchev–Trinajstić information content (AvgIpc) is 3.26. The van der Waals surface area contributed by atoms with Gasteiger partial charge in [0, 0.05) is 19.5 Å². The van der Waals surface area contributed by atoms with Crippen LogP contribution >= 0.6 is 0 Å². The number of fused-ring (bicyclic) bond motifs is 1. The van der Waals surface area contributed by atoms with Crippen LogP contribution < -0.4 is 64.4 Å². The first-order valence-electron chi connectivity index (χ1n) is 10.6. The number of ether oxygens (including phenoxy) is 1. The van der Waals surface area contributed by atoms with Gasteiger partial charge in [0.15, 0.2) is 4.08 Å². The fourth-order valence-electron chi connectivity index (χ4n) is 4.41. The Hall–Kier alpha value is -0.760. The van der Waals surface area contributed by atoms with E-state index in [0.717, 1.165) is 16.7 Å². The Morgan fingerprint density at radius 1 is 0.972 bits per heavy atom. The van der Waals surface area contributed by atoms with E-state index in [9.17, 15) is 25.9 Å². The van der Waals surface area contributed by atoms with Crippen molar-refractivity contribution in [3.05, 3.63) is 100 Å². The summed E-state index contributed by atoms with van der Waals surface area (Å²) < 4.78 is 76.8. The number of benzene rings is 2. The second-order valence-electron chi connectivity index (χ2n) is 8.00. The predicted molar refractivity (Wildman–Crippen MR) is 125 cm³/mol. The van der Waals surface area contributed by atoms with Crippen molar-refractivity contribution in [1.82, 2.24) is 5.32 Å². The summed E-state index contributed by atoms with van der Waals surface area (Å²) in [5.74, 6) is -0.0652. The molecule has 0 unspecified atom stereocenters. The van der Waals surface area contributed by atoms with Crippen LogP contribution in [0.25, 0.3) is 5.57 Å². The van der Waals surface area contributed by atoms with Crippen LogP contribution in [0, 0.1) is 0 Å². The summed E-state index contributed by atoms with van der Waals surface area (Å²) in [6, 6.07) is 14.6. The molecule has 1 N–H and O–H groups in total. The first-order valence-corrected chi connectivity index (χ1v) is 13.4. The van der Waals surface area contributed by atoms with Gasteiger partial charge in [-0.15, -0.1) is 0 Å². The Labute approximate surface area is 256 Å². The van der Waals surface area contributed by atoms with Crippen molar-refractivity contribution >= 4 is 25.8 Å². The minimum Gasteiger partial charge on any atom is -0.746 e. The molecule has 12 heteroatoms. The van der Waals surface area contributed by atoms with E-state index >= 15 is 0 Å². The molecule has 0 atom stereocenters. The fourth-order valence-corrected chi connectivity index (χ4v) is 6.88. The van der Waals surface area contributed by atoms with Gasteiger partial charge >= 0.3 is 59.1 Å². The second-order valence-corrected chi connectivity index (χ2v) is 11.5. The van der Waals surface area contributed by atoms with Crippen LogP contribution in [0.4, 0.5) is 0 Å². The van der Waals surface area contributed by atoms with Crippen LogP contribution in [0.3, 0.4) is 0 Å². The van der Waals surface area contributed by atoms with Crippen LogP contribution in [0.15, 0.2) is 78.1 Å². The van der Waals surface area contributed by atoms with E-state index in [1.54, 1.807) is 31.2 Å². The molecule has 0 aromatic heterocycles. The molecule has 180 valence electrons. The van der Waals surface area contributed by atoms with Gasteiger partial charge < -0.3 is 19.2 Å². The molecule has 8 nitrogen and oxygen atoms in total. The van der Waals surface area contributed by atoms with Crippen molar-refractivity contribution < 1.29 is 89.8 Å². The summed E-state index contributed by atoms with van der Waals surface area (Å²) in [6.45, 7) is 2.95. The van der Waals surface area contributed by atoms with E-state index in [1.165, 1.54) is 18.2 Å². The molecule has 2 aromatic rings. The molecule has 0 fully saturated rings. The van der Waals surface area contributed by atoms with E-state index in [1.807, 2.05) is 24.3 Å². The number of hydrogen-bond donors (Lipinski definition) is 1. The molecule has 0 amide bonds. The van der Waals surface area contributed by atoms with Gasteiger partial charge in [-0.05, 0) is 52.5 Å². The molecule has 0 saturated carbocycles. The smallest absolute Gasteiger partial charge is 0.746 e. The zero-order chi connectivity index (χ0) is 24.6. The monoisotopic (exact) mass is 547 g/mol. The maximum absolute atomic E-state index is 12.5. The van der Waals surface area contributed by atoms with Gasteiger partial charge in [0.1, 0.15) is 20.2 Å². The fraction of sp³-hybridized carbons (Fsp3) is 0.250. The van der Waals surface area contributed by atoms with Crippen LogP contribution in [-0.2, 0) is 38.1 Å². The molecule has 1 aliphatic heterocycles. The van der Waals surface area contributed by atoms with Crippen molar-refractivity contribution in [2.24, 2.45) is 0 Å². The van der Waals surface area contributed by atoms with Crippen molar-refractivity contribution in [1.29, 1.82) is 0 Å². The van der Waals surface area contributed by atoms with Crippen molar-refractivity contribution in [3.8, 4) is 0 Å². The summed E-state index contributed by atoms with van der Waals surface area (Å²) in [5, 5.41) is 3.26. The van der Waals surface area contributed by atoms with Crippen molar-refractivity contribution in [2.45, 2.75) is 30.5 Å². The molecule has 2 aliphatic rings. The normalized spacial score (nSPS) is 17.1. The summed E-state index contributed by atoms with van der Waals surface area (Å²) in [7, 11) is -11.3. The van der Waals surface area contributed by atoms with Crippen molar-refractivity contribution in [2.75, 3.05) is 6.61 Å². The largest absolute Gasteiger partial charge is 1.00 e. The van der Waals surface area contributed by atoms with Gasteiger partial charge in [-0.25, -0.2) is 16.8 Å². The third-order valence-corrected chi connectivity index (χ3v) is 9.60. The molecule has 0 bridgehead atoms. The van der Waals surface area contributed by atoms with Gasteiger partial charge in [0.05, 0.1) is 12.4 Å². The predicted octanol–water partition coefficient (Wildman–Crippen LogP) is -3.23. The Bertz CT molecular complexity index is 1390. The SMILES string of the molecule is CCOC1=CC=C(C=C(c2ccccc2)c2cccc3c2CNC3)C(S(=O)(=O)[O-])(S(=O)(=O)[O-])C1.[Na+].[Na+]. The van der Waals surface area contributed by atoms with Crippen LogP contribution in [0.2, 0.25) is 0 Å². The third kappa shape index (κ3) is 5.94. The van der Waals surface area contributed by atoms with Gasteiger partial charge in [0.2, 0.25) is 0 Å². The maximum atomic E-state index is 12.5. The van der Waals surface area contributed by atoms with Crippen LogP contribution in [-0.4, -0.2) is 36.6 Å². The van der Waals surface area contributed by atoms with Crippen LogP contribution in [0.1, 0.15) is 35.6 Å². The number of nitrogens with one attached hydrogen (secondary N) is 1. The van der Waals surface area contributed by atoms with Crippen LogP contribution in [0.5, 0.6) is 0 Å². The summed E-state index contributed by atoms with van der Waals surface area (Å²) in [4.78, 5) is 0. The van der Waals surface area contributed by atoms with Crippen molar-refractivity contribution in [3.63, 3.8) is 0 Å². The molecular weight excluding hydrogens is 524 g/mol. The number of hydrogen-bond acceptors (Lipinski definition) is 8. The average molecular weight is 548 g/mol. The minimum absolute atomic E-state index is 0. The van der Waals surface area contributed by atoms with Gasteiger partial charge in [-0.1, -0.05) is 54.6 Å². The molecule has 1 heterocycles. The molecule has 0 spiro atoms. The Balaban J connectivity index is 0.00000228. The molecule has 4 rings (SSSR count). The maximum Gasteiger partial charge on any atom is 1.00 e. The second kappa shape index (κ2) is 12.4. The van der Waals surface area contributed by atoms with E-state index < -0.39 is 36.3 Å². The third-order valence-electron chi connectivity index (χ3n) is 6.00. The topological polar surface area (TPSA) is 136 Å². The zero-order valence-electron chi connectivity index (χ0n) is 20.4. The molecule has 0 saturated heterocycles. The van der Waals surface area contributed by atoms with Gasteiger partial charge in [-0.2, -0.15) is 0 Å². The van der Waals surface area contributed by atoms with E-state index in [4.69, 9.17) is 4.74 Å². The van der Waals surface area contributed by atoms with Gasteiger partial charge in [0.25, 0.3) is 0 Å². The quantitative estimate of drug-likeness (QED) is 0.282. The molecule has 36 heavy (non-hydrogen) atoms. The Morgan fingerprint density at radius 3 is 2.25 bits per heavy atom. The zero-order valence-corrected chi connectivity index (χ0v) is 26.0. The number of rotatable bonds is 7. The molecule has 1 aliphatic carbocycles. The molecular formula is C24H23NNa2O7S2. The number of allylic oxidation sites excluding steroid dienone is 4. The first kappa shape index (κ1) is 31.5. The minimum atomic E-state index is -5.66. The summed E-state index contributed by atoms with van der Waals surface area (Å²) in [6.07, 6.45) is 3.00. The van der Waals surface area contributed by atoms with E-state index in [0.29, 0.717) is 24.2 Å². The molecule has 2 aromatic carbocycles. The standard InChI is InChI=1S/C24H25NO7S2.2Na/c1-2-32-20-12-11-19(24(14-20,33(26,27)28)34(29,30)31)13-22(17-7-4-3-5-8-17)21-10-6-9-18-15-25-16-23(18)21;;/h3-13,25H,2,14-16H2,1H3,(H,26,27,28)(H,29,30,31);;/q;2*+1/p-2. The van der Waals surface area contributed by atoms with E-state index in [2.05, 4.69) is 5.32 Å². The Morgan fingerprint density at radius 2 is 1.64 bits per heavy atom. The van der Waals surface area contributed by atoms with E-state index in [-0.39, 0.29) is 71.5 Å². The van der Waals surface area contributed by atoms with Gasteiger partial charge in [-0.3, -0.25) is 0 Å². The molecule has 0 radical (unpaired) electrons. The Kier molecular flexibility index (Phi) is 10.8. The first-order chi connectivity index (χ1) is 16.1.